The third-order valence-corrected chi connectivity index (χ3v) is 3.67. The number of ether oxygens (including phenoxy) is 1. The molecule has 1 unspecified atom stereocenters. The van der Waals surface area contributed by atoms with Gasteiger partial charge in [-0.15, -0.1) is 0 Å². The van der Waals surface area contributed by atoms with Gasteiger partial charge in [0.15, 0.2) is 0 Å². The minimum absolute atomic E-state index is 0.186. The van der Waals surface area contributed by atoms with Crippen LogP contribution in [0.2, 0.25) is 0 Å². The molecule has 1 amide bonds. The van der Waals surface area contributed by atoms with Crippen LogP contribution < -0.4 is 0 Å². The van der Waals surface area contributed by atoms with Crippen molar-refractivity contribution in [2.45, 2.75) is 19.0 Å². The van der Waals surface area contributed by atoms with E-state index in [1.165, 1.54) is 23.1 Å². The van der Waals surface area contributed by atoms with Gasteiger partial charge in [-0.3, -0.25) is 4.79 Å². The summed E-state index contributed by atoms with van der Waals surface area (Å²) in [6, 6.07) is 4.94. The number of hydrogen-bond acceptors (Lipinski definition) is 2. The standard InChI is InChI=1S/C15H18F3NO2/c1-21-10-11-5-4-8-19(9-11)14(20)12-6-2-3-7-13(12)15(16,17)18/h2-3,6-7,11H,4-5,8-10H2,1H3. The van der Waals surface area contributed by atoms with Crippen LogP contribution in [0.25, 0.3) is 0 Å². The molecule has 0 N–H and O–H groups in total. The molecule has 1 fully saturated rings. The zero-order valence-corrected chi connectivity index (χ0v) is 11.8. The molecule has 0 spiro atoms. The number of piperidine rings is 1. The number of methoxy groups -OCH3 is 1. The molecule has 0 bridgehead atoms. The first kappa shape index (κ1) is 15.8. The number of carbonyl (C=O) groups excluding carboxylic acids is 1. The van der Waals surface area contributed by atoms with Crippen molar-refractivity contribution >= 4 is 5.91 Å². The number of nitrogens with zero attached hydrogens (tertiary/aromatic N) is 1. The first-order chi connectivity index (χ1) is 9.93. The molecule has 0 aromatic heterocycles. The van der Waals surface area contributed by atoms with E-state index in [2.05, 4.69) is 0 Å². The Balaban J connectivity index is 2.20. The van der Waals surface area contributed by atoms with E-state index in [0.29, 0.717) is 19.7 Å². The van der Waals surface area contributed by atoms with E-state index in [4.69, 9.17) is 4.74 Å². The van der Waals surface area contributed by atoms with E-state index in [-0.39, 0.29) is 11.5 Å². The summed E-state index contributed by atoms with van der Waals surface area (Å²) in [6.07, 6.45) is -2.81. The average Bonchev–Trinajstić information content (AvgIpc) is 2.46. The van der Waals surface area contributed by atoms with E-state index < -0.39 is 17.6 Å². The monoisotopic (exact) mass is 301 g/mol. The third kappa shape index (κ3) is 3.75. The fourth-order valence-electron chi connectivity index (χ4n) is 2.71. The highest BCUT2D eigenvalue weighted by Gasteiger charge is 2.36. The lowest BCUT2D eigenvalue weighted by Gasteiger charge is -2.33. The van der Waals surface area contributed by atoms with Gasteiger partial charge in [0.1, 0.15) is 0 Å². The van der Waals surface area contributed by atoms with Crippen LogP contribution >= 0.6 is 0 Å². The van der Waals surface area contributed by atoms with Crippen molar-refractivity contribution in [2.75, 3.05) is 26.8 Å². The maximum absolute atomic E-state index is 13.0. The number of alkyl halides is 3. The Kier molecular flexibility index (Phi) is 4.88. The lowest BCUT2D eigenvalue weighted by molar-refractivity contribution is -0.138. The molecule has 3 nitrogen and oxygen atoms in total. The lowest BCUT2D eigenvalue weighted by atomic mass is 9.97. The van der Waals surface area contributed by atoms with Gasteiger partial charge >= 0.3 is 6.18 Å². The minimum atomic E-state index is -4.52. The van der Waals surface area contributed by atoms with Crippen LogP contribution in [-0.2, 0) is 10.9 Å². The number of likely N-dealkylation sites (tertiary alicyclic amines) is 1. The van der Waals surface area contributed by atoms with Crippen LogP contribution in [0.1, 0.15) is 28.8 Å². The van der Waals surface area contributed by atoms with Gasteiger partial charge in [-0.25, -0.2) is 0 Å². The van der Waals surface area contributed by atoms with E-state index >= 15 is 0 Å². The summed E-state index contributed by atoms with van der Waals surface area (Å²) < 4.78 is 44.0. The molecule has 1 aliphatic heterocycles. The van der Waals surface area contributed by atoms with Gasteiger partial charge in [0.25, 0.3) is 5.91 Å². The number of rotatable bonds is 3. The molecule has 1 aromatic rings. The Bertz CT molecular complexity index is 500. The number of hydrogen-bond donors (Lipinski definition) is 0. The molecular weight excluding hydrogens is 283 g/mol. The maximum Gasteiger partial charge on any atom is 0.417 e. The molecule has 1 heterocycles. The quantitative estimate of drug-likeness (QED) is 0.858. The fraction of sp³-hybridized carbons (Fsp3) is 0.533. The first-order valence-corrected chi connectivity index (χ1v) is 6.88. The van der Waals surface area contributed by atoms with Crippen molar-refractivity contribution in [3.63, 3.8) is 0 Å². The molecule has 0 aliphatic carbocycles. The Morgan fingerprint density at radius 2 is 2.10 bits per heavy atom. The topological polar surface area (TPSA) is 29.5 Å². The normalized spacial score (nSPS) is 19.6. The highest BCUT2D eigenvalue weighted by Crippen LogP contribution is 2.33. The smallest absolute Gasteiger partial charge is 0.384 e. The second-order valence-corrected chi connectivity index (χ2v) is 5.26. The van der Waals surface area contributed by atoms with Gasteiger partial charge in [-0.05, 0) is 30.9 Å². The van der Waals surface area contributed by atoms with Gasteiger partial charge in [-0.1, -0.05) is 12.1 Å². The summed E-state index contributed by atoms with van der Waals surface area (Å²) in [5.41, 5.74) is -1.15. The highest BCUT2D eigenvalue weighted by molar-refractivity contribution is 5.96. The molecule has 2 rings (SSSR count). The molecule has 0 saturated carbocycles. The molecular formula is C15H18F3NO2. The molecule has 1 saturated heterocycles. The number of amides is 1. The van der Waals surface area contributed by atoms with Gasteiger partial charge in [0, 0.05) is 20.2 Å². The number of benzene rings is 1. The highest BCUT2D eigenvalue weighted by atomic mass is 19.4. The molecule has 1 aliphatic rings. The zero-order chi connectivity index (χ0) is 15.5. The summed E-state index contributed by atoms with van der Waals surface area (Å²) in [6.45, 7) is 1.45. The van der Waals surface area contributed by atoms with Crippen molar-refractivity contribution < 1.29 is 22.7 Å². The second-order valence-electron chi connectivity index (χ2n) is 5.26. The van der Waals surface area contributed by atoms with Gasteiger partial charge < -0.3 is 9.64 Å². The summed E-state index contributed by atoms with van der Waals surface area (Å²) in [7, 11) is 1.58. The summed E-state index contributed by atoms with van der Waals surface area (Å²) >= 11 is 0. The van der Waals surface area contributed by atoms with Crippen LogP contribution in [-0.4, -0.2) is 37.6 Å². The van der Waals surface area contributed by atoms with Crippen molar-refractivity contribution in [3.05, 3.63) is 35.4 Å². The van der Waals surface area contributed by atoms with E-state index in [9.17, 15) is 18.0 Å². The molecule has 0 radical (unpaired) electrons. The molecule has 21 heavy (non-hydrogen) atoms. The average molecular weight is 301 g/mol. The van der Waals surface area contributed by atoms with Crippen molar-refractivity contribution in [1.29, 1.82) is 0 Å². The molecule has 1 atom stereocenters. The summed E-state index contributed by atoms with van der Waals surface area (Å²) in [5, 5.41) is 0. The summed E-state index contributed by atoms with van der Waals surface area (Å²) in [4.78, 5) is 13.9. The third-order valence-electron chi connectivity index (χ3n) is 3.67. The Morgan fingerprint density at radius 1 is 1.38 bits per heavy atom. The SMILES string of the molecule is COCC1CCCN(C(=O)c2ccccc2C(F)(F)F)C1. The zero-order valence-electron chi connectivity index (χ0n) is 11.8. The van der Waals surface area contributed by atoms with Crippen LogP contribution in [0.15, 0.2) is 24.3 Å². The minimum Gasteiger partial charge on any atom is -0.384 e. The van der Waals surface area contributed by atoms with E-state index in [1.807, 2.05) is 0 Å². The van der Waals surface area contributed by atoms with Crippen molar-refractivity contribution in [2.24, 2.45) is 5.92 Å². The molecule has 116 valence electrons. The fourth-order valence-corrected chi connectivity index (χ4v) is 2.71. The molecule has 6 heteroatoms. The first-order valence-electron chi connectivity index (χ1n) is 6.88. The van der Waals surface area contributed by atoms with Crippen LogP contribution in [0.5, 0.6) is 0 Å². The van der Waals surface area contributed by atoms with Gasteiger partial charge in [0.2, 0.25) is 0 Å². The molecule has 1 aromatic carbocycles. The van der Waals surface area contributed by atoms with Crippen LogP contribution in [0.4, 0.5) is 13.2 Å². The Morgan fingerprint density at radius 3 is 2.76 bits per heavy atom. The van der Waals surface area contributed by atoms with Crippen molar-refractivity contribution in [1.82, 2.24) is 4.90 Å². The predicted octanol–water partition coefficient (Wildman–Crippen LogP) is 3.20. The van der Waals surface area contributed by atoms with Crippen LogP contribution in [0, 0.1) is 5.92 Å². The van der Waals surface area contributed by atoms with Gasteiger partial charge in [0.05, 0.1) is 17.7 Å². The lowest BCUT2D eigenvalue weighted by Crippen LogP contribution is -2.41. The maximum atomic E-state index is 13.0. The number of halogens is 3. The predicted molar refractivity (Wildman–Crippen MR) is 71.9 cm³/mol. The van der Waals surface area contributed by atoms with Gasteiger partial charge in [-0.2, -0.15) is 13.2 Å². The van der Waals surface area contributed by atoms with Crippen molar-refractivity contribution in [3.8, 4) is 0 Å². The number of carbonyl (C=O) groups is 1. The Labute approximate surface area is 121 Å². The van der Waals surface area contributed by atoms with E-state index in [0.717, 1.165) is 18.9 Å². The van der Waals surface area contributed by atoms with Crippen LogP contribution in [0.3, 0.4) is 0 Å². The Hall–Kier alpha value is -1.56. The van der Waals surface area contributed by atoms with E-state index in [1.54, 1.807) is 7.11 Å². The summed E-state index contributed by atoms with van der Waals surface area (Å²) in [5.74, 6) is -0.366. The largest absolute Gasteiger partial charge is 0.417 e. The second kappa shape index (κ2) is 6.47.